The van der Waals surface area contributed by atoms with E-state index in [9.17, 15) is 0 Å². The van der Waals surface area contributed by atoms with E-state index in [4.69, 9.17) is 36.8 Å². The molecular formula is C12H16Cl2NO3P. The lowest BCUT2D eigenvalue weighted by atomic mass is 10.3. The first-order valence-electron chi connectivity index (χ1n) is 5.78. The van der Waals surface area contributed by atoms with Gasteiger partial charge in [0.1, 0.15) is 10.8 Å². The number of halogens is 2. The van der Waals surface area contributed by atoms with Crippen LogP contribution in [0.5, 0.6) is 0 Å². The molecule has 4 nitrogen and oxygen atoms in total. The molecule has 0 radical (unpaired) electrons. The molecule has 1 aromatic rings. The van der Waals surface area contributed by atoms with Crippen LogP contribution in [-0.2, 0) is 13.6 Å². The van der Waals surface area contributed by atoms with E-state index in [-0.39, 0.29) is 4.49 Å². The molecule has 0 spiro atoms. The molecule has 0 fully saturated rings. The summed E-state index contributed by atoms with van der Waals surface area (Å²) in [4.78, 5) is 0. The largest absolute Gasteiger partial charge is 0.424 e. The quantitative estimate of drug-likeness (QED) is 0.482. The van der Waals surface area contributed by atoms with Gasteiger partial charge in [-0.05, 0) is 26.0 Å². The molecule has 0 bridgehead atoms. The van der Waals surface area contributed by atoms with Gasteiger partial charge in [-0.15, -0.1) is 0 Å². The third-order valence-electron chi connectivity index (χ3n) is 1.85. The molecule has 1 aromatic carbocycles. The van der Waals surface area contributed by atoms with E-state index in [1.165, 1.54) is 6.26 Å². The van der Waals surface area contributed by atoms with Gasteiger partial charge in [-0.2, -0.15) is 4.74 Å². The number of nitrogens with zero attached hydrogens (tertiary/aromatic N) is 1. The second kappa shape index (κ2) is 8.62. The maximum absolute atomic E-state index is 5.56. The van der Waals surface area contributed by atoms with E-state index in [2.05, 4.69) is 4.74 Å². The van der Waals surface area contributed by atoms with E-state index in [1.807, 2.05) is 44.2 Å². The van der Waals surface area contributed by atoms with E-state index in [0.29, 0.717) is 18.9 Å². The summed E-state index contributed by atoms with van der Waals surface area (Å²) in [5, 5.41) is 0. The summed E-state index contributed by atoms with van der Waals surface area (Å²) in [6.07, 6.45) is 1.18. The Morgan fingerprint density at radius 2 is 1.74 bits per heavy atom. The Morgan fingerprint density at radius 1 is 1.16 bits per heavy atom. The molecule has 0 atom stereocenters. The lowest BCUT2D eigenvalue weighted by Crippen LogP contribution is -1.97. The first kappa shape index (κ1) is 16.5. The molecule has 0 aliphatic carbocycles. The van der Waals surface area contributed by atoms with Crippen LogP contribution < -0.4 is 0 Å². The van der Waals surface area contributed by atoms with Crippen LogP contribution in [0.15, 0.2) is 45.8 Å². The molecule has 0 aliphatic rings. The second-order valence-corrected chi connectivity index (χ2v) is 6.12. The van der Waals surface area contributed by atoms with Crippen molar-refractivity contribution in [2.45, 2.75) is 13.8 Å². The lowest BCUT2D eigenvalue weighted by Gasteiger charge is -2.21. The molecule has 106 valence electrons. The van der Waals surface area contributed by atoms with Crippen LogP contribution in [0.4, 0.5) is 5.69 Å². The topological polar surface area (TPSA) is 40.0 Å². The fourth-order valence-corrected chi connectivity index (χ4v) is 3.13. The van der Waals surface area contributed by atoms with Gasteiger partial charge < -0.3 is 4.52 Å². The average molecular weight is 324 g/mol. The summed E-state index contributed by atoms with van der Waals surface area (Å²) in [7, 11) is -2.89. The lowest BCUT2D eigenvalue weighted by molar-refractivity contribution is 0.194. The van der Waals surface area contributed by atoms with Crippen molar-refractivity contribution in [3.05, 3.63) is 41.1 Å². The molecule has 0 aromatic heterocycles. The molecule has 0 unspecified atom stereocenters. The zero-order chi connectivity index (χ0) is 14.1. The third-order valence-corrected chi connectivity index (χ3v) is 4.05. The minimum absolute atomic E-state index is 0.0213. The number of hydrogen-bond donors (Lipinski definition) is 0. The molecule has 0 aliphatic heterocycles. The van der Waals surface area contributed by atoms with Crippen molar-refractivity contribution in [2.75, 3.05) is 13.2 Å². The van der Waals surface area contributed by atoms with E-state index < -0.39 is 7.74 Å². The molecule has 0 N–H and O–H groups in total. The van der Waals surface area contributed by atoms with Gasteiger partial charge in [0.2, 0.25) is 0 Å². The monoisotopic (exact) mass is 323 g/mol. The summed E-state index contributed by atoms with van der Waals surface area (Å²) in [5.41, 5.74) is 0.705. The molecule has 0 amide bonds. The third kappa shape index (κ3) is 5.98. The molecule has 0 saturated heterocycles. The first-order chi connectivity index (χ1) is 9.12. The first-order valence-corrected chi connectivity index (χ1v) is 8.03. The van der Waals surface area contributed by atoms with Crippen LogP contribution >= 0.6 is 30.9 Å². The Hall–Kier alpha value is -0.510. The van der Waals surface area contributed by atoms with E-state index in [0.717, 1.165) is 0 Å². The van der Waals surface area contributed by atoms with Crippen molar-refractivity contribution in [1.82, 2.24) is 0 Å². The Balaban J connectivity index is 3.14. The fraction of sp³-hybridized carbons (Fsp3) is 0.333. The van der Waals surface area contributed by atoms with Crippen LogP contribution in [-0.4, -0.2) is 13.2 Å². The van der Waals surface area contributed by atoms with Gasteiger partial charge in [0.25, 0.3) is 0 Å². The molecule has 0 heterocycles. The summed E-state index contributed by atoms with van der Waals surface area (Å²) in [6, 6.07) is 9.31. The van der Waals surface area contributed by atoms with Crippen LogP contribution in [0.25, 0.3) is 0 Å². The fourth-order valence-electron chi connectivity index (χ4n) is 1.25. The molecular weight excluding hydrogens is 308 g/mol. The van der Waals surface area contributed by atoms with Gasteiger partial charge in [-0.25, -0.2) is 0 Å². The second-order valence-electron chi connectivity index (χ2n) is 3.25. The van der Waals surface area contributed by atoms with Crippen LogP contribution in [0.2, 0.25) is 0 Å². The minimum atomic E-state index is -2.89. The number of rotatable bonds is 7. The van der Waals surface area contributed by atoms with Gasteiger partial charge >= 0.3 is 7.74 Å². The summed E-state index contributed by atoms with van der Waals surface area (Å²) in [6.45, 7) is 4.48. The highest BCUT2D eigenvalue weighted by molar-refractivity contribution is 7.51. The summed E-state index contributed by atoms with van der Waals surface area (Å²) >= 11 is 11.1. The average Bonchev–Trinajstić information content (AvgIpc) is 2.38. The zero-order valence-electron chi connectivity index (χ0n) is 10.8. The van der Waals surface area contributed by atoms with Crippen LogP contribution in [0, 0.1) is 0 Å². The molecule has 19 heavy (non-hydrogen) atoms. The van der Waals surface area contributed by atoms with E-state index >= 15 is 0 Å². The maximum Gasteiger partial charge on any atom is 0.415 e. The van der Waals surface area contributed by atoms with Crippen molar-refractivity contribution in [1.29, 1.82) is 0 Å². The number of benzene rings is 1. The van der Waals surface area contributed by atoms with Gasteiger partial charge in [0, 0.05) is 0 Å². The van der Waals surface area contributed by atoms with Gasteiger partial charge in [-0.3, -0.25) is 9.05 Å². The predicted molar refractivity (Wildman–Crippen MR) is 79.6 cm³/mol. The Bertz CT molecular complexity index is 451. The maximum atomic E-state index is 5.56. The van der Waals surface area contributed by atoms with Gasteiger partial charge in [0.05, 0.1) is 18.9 Å². The van der Waals surface area contributed by atoms with Gasteiger partial charge in [-0.1, -0.05) is 41.4 Å². The zero-order valence-corrected chi connectivity index (χ0v) is 13.2. The summed E-state index contributed by atoms with van der Waals surface area (Å²) < 4.78 is 21.0. The van der Waals surface area contributed by atoms with Crippen LogP contribution in [0.1, 0.15) is 13.8 Å². The van der Waals surface area contributed by atoms with Crippen LogP contribution in [0.3, 0.4) is 0 Å². The molecule has 7 heteroatoms. The van der Waals surface area contributed by atoms with Crippen molar-refractivity contribution in [3.8, 4) is 0 Å². The van der Waals surface area contributed by atoms with Crippen molar-refractivity contribution in [2.24, 2.45) is 4.74 Å². The highest BCUT2D eigenvalue weighted by Crippen LogP contribution is 2.55. The Kier molecular flexibility index (Phi) is 7.51. The Labute approximate surface area is 123 Å². The number of hydrogen-bond acceptors (Lipinski definition) is 4. The van der Waals surface area contributed by atoms with E-state index in [1.54, 1.807) is 0 Å². The highest BCUT2D eigenvalue weighted by Gasteiger charge is 2.23. The standard InChI is InChI=1S/C12H16Cl2NO3P/c1-3-16-19(17-4-2,18-10-12(13)14)15-11-8-6-5-7-9-11/h5-10H,3-4H2,1-2H3. The molecule has 0 saturated carbocycles. The highest BCUT2D eigenvalue weighted by atomic mass is 35.5. The smallest absolute Gasteiger partial charge is 0.415 e. The van der Waals surface area contributed by atoms with Crippen molar-refractivity contribution < 1.29 is 13.6 Å². The SMILES string of the molecule is CCOP(=Nc1ccccc1)(OC=C(Cl)Cl)OCC. The van der Waals surface area contributed by atoms with Crippen molar-refractivity contribution >= 4 is 36.6 Å². The van der Waals surface area contributed by atoms with Crippen molar-refractivity contribution in [3.63, 3.8) is 0 Å². The van der Waals surface area contributed by atoms with Gasteiger partial charge in [0.15, 0.2) is 0 Å². The summed E-state index contributed by atoms with van der Waals surface area (Å²) in [5.74, 6) is 0. The normalized spacial score (nSPS) is 10.9. The Morgan fingerprint density at radius 3 is 2.21 bits per heavy atom. The minimum Gasteiger partial charge on any atom is -0.424 e. The molecule has 1 rings (SSSR count). The predicted octanol–water partition coefficient (Wildman–Crippen LogP) is 5.63.